The van der Waals surface area contributed by atoms with Gasteiger partial charge in [-0.05, 0) is 90.6 Å². The molecule has 1 rings (SSSR count). The van der Waals surface area contributed by atoms with Crippen molar-refractivity contribution in [1.29, 1.82) is 0 Å². The van der Waals surface area contributed by atoms with E-state index in [-0.39, 0.29) is 33.4 Å². The van der Waals surface area contributed by atoms with Crippen LogP contribution in [0.4, 0.5) is 0 Å². The van der Waals surface area contributed by atoms with Crippen LogP contribution in [0.3, 0.4) is 0 Å². The first-order valence-corrected chi connectivity index (χ1v) is 15.5. The predicted octanol–water partition coefficient (Wildman–Crippen LogP) is 7.63. The van der Waals surface area contributed by atoms with Crippen LogP contribution in [0.25, 0.3) is 0 Å². The average Bonchev–Trinajstić information content (AvgIpc) is 2.93. The number of nitrogens with two attached hydrogens (primary N) is 2. The second kappa shape index (κ2) is 14.4. The molecule has 6 heteroatoms. The fourth-order valence-corrected chi connectivity index (χ4v) is 6.55. The van der Waals surface area contributed by atoms with E-state index in [4.69, 9.17) is 30.7 Å². The molecule has 5 unspecified atom stereocenters. The fourth-order valence-electron chi connectivity index (χ4n) is 6.55. The monoisotopic (exact) mass is 540 g/mol. The van der Waals surface area contributed by atoms with E-state index in [0.717, 1.165) is 76.2 Å². The lowest BCUT2D eigenvalue weighted by Gasteiger charge is -2.57. The van der Waals surface area contributed by atoms with E-state index in [1.165, 1.54) is 0 Å². The smallest absolute Gasteiger partial charge is 0.0885 e. The van der Waals surface area contributed by atoms with Crippen molar-refractivity contribution in [3.8, 4) is 0 Å². The van der Waals surface area contributed by atoms with Crippen molar-refractivity contribution in [3.05, 3.63) is 12.2 Å². The van der Waals surface area contributed by atoms with Gasteiger partial charge in [-0.1, -0.05) is 55.0 Å². The minimum atomic E-state index is -0.378. The molecule has 5 atom stereocenters. The summed E-state index contributed by atoms with van der Waals surface area (Å²) in [5.41, 5.74) is 6.18. The Balaban J connectivity index is 2.91. The van der Waals surface area contributed by atoms with E-state index in [1.54, 1.807) is 0 Å². The molecule has 1 fully saturated rings. The second-order valence-corrected chi connectivity index (χ2v) is 12.5. The molecule has 226 valence electrons. The minimum Gasteiger partial charge on any atom is -0.374 e. The minimum absolute atomic E-state index is 0.192. The normalized spacial score (nSPS) is 26.7. The van der Waals surface area contributed by atoms with Gasteiger partial charge < -0.3 is 19.9 Å². The first-order valence-electron chi connectivity index (χ1n) is 15.5. The van der Waals surface area contributed by atoms with E-state index in [1.807, 2.05) is 6.92 Å². The van der Waals surface area contributed by atoms with Gasteiger partial charge in [-0.2, -0.15) is 0 Å². The molecule has 0 aromatic carbocycles. The molecule has 4 N–H and O–H groups in total. The van der Waals surface area contributed by atoms with Crippen LogP contribution in [0.15, 0.2) is 12.2 Å². The molecule has 0 saturated heterocycles. The highest BCUT2D eigenvalue weighted by atomic mass is 16.6. The quantitative estimate of drug-likeness (QED) is 0.115. The summed E-state index contributed by atoms with van der Waals surface area (Å²) in [6.07, 6.45) is 10.1. The van der Waals surface area contributed by atoms with Gasteiger partial charge in [0.1, 0.15) is 0 Å². The maximum Gasteiger partial charge on any atom is 0.0885 e. The van der Waals surface area contributed by atoms with Crippen LogP contribution in [0.1, 0.15) is 140 Å². The van der Waals surface area contributed by atoms with Gasteiger partial charge >= 0.3 is 0 Å². The first-order chi connectivity index (χ1) is 17.7. The summed E-state index contributed by atoms with van der Waals surface area (Å²) < 4.78 is 19.9. The molecule has 0 spiro atoms. The Bertz CT molecular complexity index is 714. The molecule has 0 heterocycles. The van der Waals surface area contributed by atoms with Gasteiger partial charge in [-0.15, -0.1) is 0 Å². The topological polar surface area (TPSA) is 89.0 Å². The van der Waals surface area contributed by atoms with Gasteiger partial charge in [0.2, 0.25) is 0 Å². The van der Waals surface area contributed by atoms with Crippen LogP contribution in [-0.2, 0) is 19.0 Å². The third-order valence-corrected chi connectivity index (χ3v) is 11.1. The molecule has 38 heavy (non-hydrogen) atoms. The van der Waals surface area contributed by atoms with Crippen molar-refractivity contribution in [2.45, 2.75) is 168 Å². The highest BCUT2D eigenvalue weighted by Crippen LogP contribution is 2.50. The van der Waals surface area contributed by atoms with Crippen molar-refractivity contribution >= 4 is 0 Å². The molecule has 1 aliphatic carbocycles. The summed E-state index contributed by atoms with van der Waals surface area (Å²) in [6, 6.07) is 0. The molecule has 0 amide bonds. The summed E-state index contributed by atoms with van der Waals surface area (Å²) in [5, 5.41) is 0. The van der Waals surface area contributed by atoms with Crippen LogP contribution in [0, 0.1) is 5.41 Å². The lowest BCUT2D eigenvalue weighted by molar-refractivity contribution is -0.174. The number of ether oxygens (including phenoxy) is 3. The van der Waals surface area contributed by atoms with Gasteiger partial charge in [0, 0.05) is 17.4 Å². The summed E-state index contributed by atoms with van der Waals surface area (Å²) in [7, 11) is 0. The summed E-state index contributed by atoms with van der Waals surface area (Å²) in [5.74, 6) is 5.58. The maximum atomic E-state index is 6.69. The molecule has 1 aliphatic rings. The van der Waals surface area contributed by atoms with Gasteiger partial charge in [-0.25, -0.2) is 5.90 Å². The zero-order valence-electron chi connectivity index (χ0n) is 26.9. The third kappa shape index (κ3) is 7.22. The SMILES string of the molecule is C=C(COC(C)(CC)CCOC1(CC)CCC1(N)CC)C(CC)(CC)C(C)(CC)OCCC(C)(CC)ON. The van der Waals surface area contributed by atoms with Gasteiger partial charge in [-0.3, -0.25) is 4.84 Å². The summed E-state index contributed by atoms with van der Waals surface area (Å²) in [4.78, 5) is 5.26. The maximum absolute atomic E-state index is 6.69. The second-order valence-electron chi connectivity index (χ2n) is 12.5. The van der Waals surface area contributed by atoms with Crippen molar-refractivity contribution in [2.75, 3.05) is 19.8 Å². The average molecular weight is 541 g/mol. The van der Waals surface area contributed by atoms with Crippen LogP contribution in [-0.4, -0.2) is 47.8 Å². The number of rotatable bonds is 21. The van der Waals surface area contributed by atoms with Crippen molar-refractivity contribution in [1.82, 2.24) is 0 Å². The lowest BCUT2D eigenvalue weighted by atomic mass is 9.60. The Labute approximate surface area is 235 Å². The van der Waals surface area contributed by atoms with E-state index in [9.17, 15) is 0 Å². The largest absolute Gasteiger partial charge is 0.374 e. The zero-order valence-corrected chi connectivity index (χ0v) is 26.9. The predicted molar refractivity (Wildman–Crippen MR) is 160 cm³/mol. The fraction of sp³-hybridized carbons (Fsp3) is 0.938. The molecular formula is C32H64N2O4. The lowest BCUT2D eigenvalue weighted by Crippen LogP contribution is -2.69. The Morgan fingerprint density at radius 3 is 1.74 bits per heavy atom. The van der Waals surface area contributed by atoms with Crippen molar-refractivity contribution in [3.63, 3.8) is 0 Å². The molecule has 0 aromatic rings. The standard InChI is InChI=1S/C32H64N2O4/c1-12-27(9,21-24-36-32(18-7)20-19-31(32,33)17-6)37-25-26(8)30(15-4,16-5)29(11,14-3)35-23-22-28(10,13-2)38-34/h8,12-25,33-34H2,1-7,9-11H3. The number of hydrogen-bond acceptors (Lipinski definition) is 6. The van der Waals surface area contributed by atoms with Crippen LogP contribution >= 0.6 is 0 Å². The van der Waals surface area contributed by atoms with E-state index in [0.29, 0.717) is 19.8 Å². The molecule has 6 nitrogen and oxygen atoms in total. The summed E-state index contributed by atoms with van der Waals surface area (Å²) in [6.45, 7) is 28.2. The molecule has 0 radical (unpaired) electrons. The Morgan fingerprint density at radius 1 is 0.763 bits per heavy atom. The summed E-state index contributed by atoms with van der Waals surface area (Å²) >= 11 is 0. The number of hydrogen-bond donors (Lipinski definition) is 2. The molecule has 0 aliphatic heterocycles. The van der Waals surface area contributed by atoms with E-state index in [2.05, 4.69) is 68.9 Å². The highest BCUT2D eigenvalue weighted by molar-refractivity contribution is 5.18. The Kier molecular flexibility index (Phi) is 13.5. The van der Waals surface area contributed by atoms with E-state index >= 15 is 0 Å². The van der Waals surface area contributed by atoms with Crippen molar-refractivity contribution < 1.29 is 19.0 Å². The Morgan fingerprint density at radius 2 is 1.34 bits per heavy atom. The molecular weight excluding hydrogens is 476 g/mol. The molecule has 0 bridgehead atoms. The zero-order chi connectivity index (χ0) is 29.3. The molecule has 1 saturated carbocycles. The van der Waals surface area contributed by atoms with E-state index < -0.39 is 0 Å². The van der Waals surface area contributed by atoms with Crippen LogP contribution in [0.5, 0.6) is 0 Å². The van der Waals surface area contributed by atoms with Gasteiger partial charge in [0.05, 0.1) is 42.2 Å². The highest BCUT2D eigenvalue weighted by Gasteiger charge is 2.55. The van der Waals surface area contributed by atoms with Crippen LogP contribution < -0.4 is 11.6 Å². The Hall–Kier alpha value is -0.500. The van der Waals surface area contributed by atoms with Crippen molar-refractivity contribution in [2.24, 2.45) is 17.0 Å². The van der Waals surface area contributed by atoms with Crippen LogP contribution in [0.2, 0.25) is 0 Å². The molecule has 0 aromatic heterocycles. The first kappa shape index (κ1) is 35.5. The van der Waals surface area contributed by atoms with Gasteiger partial charge in [0.15, 0.2) is 0 Å². The third-order valence-electron chi connectivity index (χ3n) is 11.1. The van der Waals surface area contributed by atoms with Gasteiger partial charge in [0.25, 0.3) is 0 Å².